The summed E-state index contributed by atoms with van der Waals surface area (Å²) in [6.07, 6.45) is 1.71. The molecular formula is C10H6NO3S3-. The first-order valence-corrected chi connectivity index (χ1v) is 6.67. The fraction of sp³-hybridized carbons (Fsp3) is 0.100. The van der Waals surface area contributed by atoms with E-state index >= 15 is 0 Å². The summed E-state index contributed by atoms with van der Waals surface area (Å²) >= 11 is 7.55. The van der Waals surface area contributed by atoms with E-state index in [0.29, 0.717) is 4.91 Å². The van der Waals surface area contributed by atoms with E-state index in [1.807, 2.05) is 17.5 Å². The van der Waals surface area contributed by atoms with Crippen LogP contribution in [-0.2, 0) is 9.59 Å². The van der Waals surface area contributed by atoms with Gasteiger partial charge in [0.05, 0.1) is 17.4 Å². The van der Waals surface area contributed by atoms with Crippen molar-refractivity contribution in [3.05, 3.63) is 27.3 Å². The van der Waals surface area contributed by atoms with Gasteiger partial charge in [0.25, 0.3) is 5.91 Å². The van der Waals surface area contributed by atoms with Crippen molar-refractivity contribution in [2.24, 2.45) is 0 Å². The van der Waals surface area contributed by atoms with E-state index in [0.717, 1.165) is 21.5 Å². The summed E-state index contributed by atoms with van der Waals surface area (Å²) in [6, 6.07) is 3.74. The first kappa shape index (κ1) is 12.3. The fourth-order valence-corrected chi connectivity index (χ4v) is 3.25. The number of carbonyl (C=O) groups excluding carboxylic acids is 2. The Morgan fingerprint density at radius 2 is 2.35 bits per heavy atom. The molecule has 0 N–H and O–H groups in total. The molecule has 1 aliphatic heterocycles. The maximum atomic E-state index is 11.8. The van der Waals surface area contributed by atoms with Gasteiger partial charge < -0.3 is 9.90 Å². The van der Waals surface area contributed by atoms with Crippen LogP contribution in [0.3, 0.4) is 0 Å². The smallest absolute Gasteiger partial charge is 0.266 e. The Morgan fingerprint density at radius 3 is 2.94 bits per heavy atom. The van der Waals surface area contributed by atoms with Crippen molar-refractivity contribution in [2.75, 3.05) is 6.54 Å². The minimum Gasteiger partial charge on any atom is -0.548 e. The van der Waals surface area contributed by atoms with Crippen LogP contribution in [0.4, 0.5) is 0 Å². The van der Waals surface area contributed by atoms with Gasteiger partial charge in [-0.3, -0.25) is 9.69 Å². The molecule has 0 saturated carbocycles. The lowest BCUT2D eigenvalue weighted by Gasteiger charge is -2.14. The molecule has 0 bridgehead atoms. The van der Waals surface area contributed by atoms with Gasteiger partial charge in [-0.2, -0.15) is 0 Å². The zero-order valence-electron chi connectivity index (χ0n) is 8.41. The molecule has 4 nitrogen and oxygen atoms in total. The van der Waals surface area contributed by atoms with Gasteiger partial charge in [0.1, 0.15) is 4.32 Å². The van der Waals surface area contributed by atoms with E-state index in [4.69, 9.17) is 12.2 Å². The molecule has 7 heteroatoms. The normalized spacial score (nSPS) is 18.1. The van der Waals surface area contributed by atoms with Gasteiger partial charge in [0.2, 0.25) is 0 Å². The lowest BCUT2D eigenvalue weighted by atomic mass is 10.4. The average Bonchev–Trinajstić information content (AvgIpc) is 2.83. The topological polar surface area (TPSA) is 60.4 Å². The fourth-order valence-electron chi connectivity index (χ4n) is 1.27. The van der Waals surface area contributed by atoms with Gasteiger partial charge >= 0.3 is 0 Å². The summed E-state index contributed by atoms with van der Waals surface area (Å²) in [5.41, 5.74) is 0. The van der Waals surface area contributed by atoms with Gasteiger partial charge in [0, 0.05) is 4.88 Å². The highest BCUT2D eigenvalue weighted by molar-refractivity contribution is 8.26. The molecule has 88 valence electrons. The van der Waals surface area contributed by atoms with Gasteiger partial charge in [-0.15, -0.1) is 11.3 Å². The highest BCUT2D eigenvalue weighted by Crippen LogP contribution is 2.32. The Hall–Kier alpha value is -1.18. The highest BCUT2D eigenvalue weighted by atomic mass is 32.2. The number of carbonyl (C=O) groups is 2. The number of carboxylic acid groups (broad SMARTS) is 1. The van der Waals surface area contributed by atoms with E-state index in [1.165, 1.54) is 11.3 Å². The predicted molar refractivity (Wildman–Crippen MR) is 69.2 cm³/mol. The Bertz CT molecular complexity index is 507. The van der Waals surface area contributed by atoms with Crippen molar-refractivity contribution in [1.29, 1.82) is 0 Å². The quantitative estimate of drug-likeness (QED) is 0.604. The molecule has 1 amide bonds. The van der Waals surface area contributed by atoms with Crippen molar-refractivity contribution in [2.45, 2.75) is 0 Å². The number of thiocarbonyl (C=S) groups is 1. The first-order valence-electron chi connectivity index (χ1n) is 4.56. The van der Waals surface area contributed by atoms with Gasteiger partial charge in [-0.25, -0.2) is 0 Å². The minimum absolute atomic E-state index is 0.252. The number of aliphatic carboxylic acids is 1. The van der Waals surface area contributed by atoms with Crippen LogP contribution in [0.2, 0.25) is 0 Å². The molecule has 0 aliphatic carbocycles. The molecule has 1 fully saturated rings. The number of amides is 1. The molecule has 2 rings (SSSR count). The van der Waals surface area contributed by atoms with Gasteiger partial charge in [-0.05, 0) is 17.5 Å². The van der Waals surface area contributed by atoms with E-state index in [-0.39, 0.29) is 10.2 Å². The molecule has 1 saturated heterocycles. The van der Waals surface area contributed by atoms with E-state index < -0.39 is 12.5 Å². The van der Waals surface area contributed by atoms with Crippen molar-refractivity contribution in [1.82, 2.24) is 4.90 Å². The third-order valence-corrected chi connectivity index (χ3v) is 4.17. The Balaban J connectivity index is 2.21. The number of nitrogens with zero attached hydrogens (tertiary/aromatic N) is 1. The Labute approximate surface area is 111 Å². The molecule has 0 spiro atoms. The number of carboxylic acids is 1. The van der Waals surface area contributed by atoms with Crippen LogP contribution < -0.4 is 5.11 Å². The zero-order valence-corrected chi connectivity index (χ0v) is 10.9. The third kappa shape index (κ3) is 2.74. The van der Waals surface area contributed by atoms with Crippen LogP contribution >= 0.6 is 35.3 Å². The number of thiophene rings is 1. The van der Waals surface area contributed by atoms with Crippen LogP contribution in [0.5, 0.6) is 0 Å². The Kier molecular flexibility index (Phi) is 3.60. The highest BCUT2D eigenvalue weighted by Gasteiger charge is 2.31. The summed E-state index contributed by atoms with van der Waals surface area (Å²) in [5, 5.41) is 12.4. The average molecular weight is 284 g/mol. The van der Waals surface area contributed by atoms with Gasteiger partial charge in [0.15, 0.2) is 0 Å². The molecule has 0 unspecified atom stereocenters. The number of hydrogen-bond donors (Lipinski definition) is 0. The lowest BCUT2D eigenvalue weighted by Crippen LogP contribution is -2.40. The molecule has 1 aromatic rings. The van der Waals surface area contributed by atoms with Crippen molar-refractivity contribution in [3.8, 4) is 0 Å². The third-order valence-electron chi connectivity index (χ3n) is 1.98. The predicted octanol–water partition coefficient (Wildman–Crippen LogP) is 0.699. The van der Waals surface area contributed by atoms with Crippen molar-refractivity contribution < 1.29 is 14.7 Å². The zero-order chi connectivity index (χ0) is 12.4. The molecule has 17 heavy (non-hydrogen) atoms. The summed E-state index contributed by atoms with van der Waals surface area (Å²) in [5.74, 6) is -1.70. The van der Waals surface area contributed by atoms with Crippen LogP contribution in [0.15, 0.2) is 22.4 Å². The second kappa shape index (κ2) is 4.99. The SMILES string of the molecule is O=C([O-])CN1C(=O)/C(=C\c2cccs2)SC1=S. The van der Waals surface area contributed by atoms with Crippen molar-refractivity contribution in [3.63, 3.8) is 0 Å². The monoisotopic (exact) mass is 284 g/mol. The largest absolute Gasteiger partial charge is 0.548 e. The summed E-state index contributed by atoms with van der Waals surface area (Å²) in [6.45, 7) is -0.494. The standard InChI is InChI=1S/C10H7NO3S3/c12-8(13)5-11-9(14)7(17-10(11)15)4-6-2-1-3-16-6/h1-4H,5H2,(H,12,13)/p-1/b7-4+. The summed E-state index contributed by atoms with van der Waals surface area (Å²) < 4.78 is 0.252. The van der Waals surface area contributed by atoms with Crippen LogP contribution in [0.1, 0.15) is 4.88 Å². The maximum absolute atomic E-state index is 11.8. The molecule has 0 atom stereocenters. The molecular weight excluding hydrogens is 278 g/mol. The van der Waals surface area contributed by atoms with E-state index in [2.05, 4.69) is 0 Å². The van der Waals surface area contributed by atoms with E-state index in [9.17, 15) is 14.7 Å². The summed E-state index contributed by atoms with van der Waals surface area (Å²) in [7, 11) is 0. The summed E-state index contributed by atoms with van der Waals surface area (Å²) in [4.78, 5) is 24.7. The number of rotatable bonds is 3. The maximum Gasteiger partial charge on any atom is 0.266 e. The molecule has 1 aromatic heterocycles. The second-order valence-electron chi connectivity index (χ2n) is 3.16. The van der Waals surface area contributed by atoms with Crippen LogP contribution in [0.25, 0.3) is 6.08 Å². The molecule has 2 heterocycles. The van der Waals surface area contributed by atoms with Crippen molar-refractivity contribution >= 4 is 57.6 Å². The van der Waals surface area contributed by atoms with Gasteiger partial charge in [-0.1, -0.05) is 30.0 Å². The molecule has 0 radical (unpaired) electrons. The van der Waals surface area contributed by atoms with E-state index in [1.54, 1.807) is 6.08 Å². The Morgan fingerprint density at radius 1 is 1.59 bits per heavy atom. The first-order chi connectivity index (χ1) is 8.08. The second-order valence-corrected chi connectivity index (χ2v) is 5.81. The number of thioether (sulfide) groups is 1. The van der Waals surface area contributed by atoms with Crippen LogP contribution in [0, 0.1) is 0 Å². The molecule has 1 aliphatic rings. The molecule has 0 aromatic carbocycles. The number of hydrogen-bond acceptors (Lipinski definition) is 6. The lowest BCUT2D eigenvalue weighted by molar-refractivity contribution is -0.305. The minimum atomic E-state index is -1.32. The van der Waals surface area contributed by atoms with Crippen LogP contribution in [-0.4, -0.2) is 27.6 Å².